The smallest absolute Gasteiger partial charge is 0.229 e. The number of carbonyl (C=O) groups excluding carboxylic acids is 2. The molecule has 2 amide bonds. The highest BCUT2D eigenvalue weighted by Crippen LogP contribution is 2.31. The van der Waals surface area contributed by atoms with Crippen LogP contribution >= 0.6 is 11.8 Å². The number of imide groups is 1. The van der Waals surface area contributed by atoms with Gasteiger partial charge < -0.3 is 4.74 Å². The molecule has 2 heterocycles. The van der Waals surface area contributed by atoms with Crippen LogP contribution in [0.5, 0.6) is 5.75 Å². The van der Waals surface area contributed by atoms with E-state index >= 15 is 0 Å². The van der Waals surface area contributed by atoms with Crippen molar-refractivity contribution in [1.82, 2.24) is 14.5 Å². The lowest BCUT2D eigenvalue weighted by Gasteiger charge is -2.15. The molecule has 0 atom stereocenters. The SMILES string of the molecule is COc1cccc(-n2c(-c3ccccc3)cnc2SCCN2C(=O)CCC2=O)c1. The first-order valence-corrected chi connectivity index (χ1v) is 10.4. The molecule has 1 aromatic heterocycles. The van der Waals surface area contributed by atoms with Crippen LogP contribution in [0.4, 0.5) is 0 Å². The summed E-state index contributed by atoms with van der Waals surface area (Å²) in [4.78, 5) is 29.6. The van der Waals surface area contributed by atoms with Gasteiger partial charge in [0.1, 0.15) is 5.75 Å². The molecule has 148 valence electrons. The Hall–Kier alpha value is -3.06. The monoisotopic (exact) mass is 407 g/mol. The van der Waals surface area contributed by atoms with Crippen LogP contribution in [0.2, 0.25) is 0 Å². The van der Waals surface area contributed by atoms with Gasteiger partial charge in [-0.3, -0.25) is 19.1 Å². The number of ether oxygens (including phenoxy) is 1. The second-order valence-electron chi connectivity index (χ2n) is 6.62. The highest BCUT2D eigenvalue weighted by Gasteiger charge is 2.28. The summed E-state index contributed by atoms with van der Waals surface area (Å²) >= 11 is 1.53. The van der Waals surface area contributed by atoms with Crippen LogP contribution in [-0.2, 0) is 9.59 Å². The van der Waals surface area contributed by atoms with Crippen LogP contribution in [0.25, 0.3) is 16.9 Å². The summed E-state index contributed by atoms with van der Waals surface area (Å²) in [5.41, 5.74) is 2.96. The van der Waals surface area contributed by atoms with E-state index < -0.39 is 0 Å². The van der Waals surface area contributed by atoms with Gasteiger partial charge in [0.05, 0.1) is 24.7 Å². The lowest BCUT2D eigenvalue weighted by Crippen LogP contribution is -2.31. The summed E-state index contributed by atoms with van der Waals surface area (Å²) in [5, 5.41) is 0.802. The summed E-state index contributed by atoms with van der Waals surface area (Å²) in [5.74, 6) is 1.18. The Morgan fingerprint density at radius 1 is 1.03 bits per heavy atom. The first-order chi connectivity index (χ1) is 14.2. The summed E-state index contributed by atoms with van der Waals surface area (Å²) in [6.07, 6.45) is 2.49. The number of hydrogen-bond donors (Lipinski definition) is 0. The Morgan fingerprint density at radius 2 is 1.79 bits per heavy atom. The van der Waals surface area contributed by atoms with Gasteiger partial charge in [0.15, 0.2) is 5.16 Å². The van der Waals surface area contributed by atoms with Gasteiger partial charge in [0.25, 0.3) is 0 Å². The number of amides is 2. The molecule has 6 nitrogen and oxygen atoms in total. The van der Waals surface area contributed by atoms with E-state index in [1.165, 1.54) is 16.7 Å². The molecular formula is C22H21N3O3S. The van der Waals surface area contributed by atoms with Crippen LogP contribution in [-0.4, -0.2) is 45.7 Å². The third-order valence-corrected chi connectivity index (χ3v) is 5.74. The van der Waals surface area contributed by atoms with Crippen LogP contribution in [0, 0.1) is 0 Å². The van der Waals surface area contributed by atoms with Crippen LogP contribution < -0.4 is 4.74 Å². The van der Waals surface area contributed by atoms with Gasteiger partial charge in [0.2, 0.25) is 11.8 Å². The van der Waals surface area contributed by atoms with E-state index in [-0.39, 0.29) is 11.8 Å². The fourth-order valence-electron chi connectivity index (χ4n) is 3.35. The lowest BCUT2D eigenvalue weighted by atomic mass is 10.1. The van der Waals surface area contributed by atoms with Gasteiger partial charge in [-0.1, -0.05) is 48.2 Å². The molecule has 0 bridgehead atoms. The number of methoxy groups -OCH3 is 1. The fraction of sp³-hybridized carbons (Fsp3) is 0.227. The maximum absolute atomic E-state index is 11.8. The van der Waals surface area contributed by atoms with Gasteiger partial charge in [-0.05, 0) is 12.1 Å². The summed E-state index contributed by atoms with van der Waals surface area (Å²) < 4.78 is 7.47. The van der Waals surface area contributed by atoms with E-state index in [1.54, 1.807) is 7.11 Å². The number of benzene rings is 2. The number of aromatic nitrogens is 2. The molecule has 0 radical (unpaired) electrons. The number of carbonyl (C=O) groups is 2. The van der Waals surface area contributed by atoms with E-state index in [4.69, 9.17) is 4.74 Å². The largest absolute Gasteiger partial charge is 0.497 e. The zero-order valence-electron chi connectivity index (χ0n) is 16.1. The first-order valence-electron chi connectivity index (χ1n) is 9.41. The molecule has 0 saturated carbocycles. The first kappa shape index (κ1) is 19.3. The molecule has 0 aliphatic carbocycles. The zero-order valence-corrected chi connectivity index (χ0v) is 16.9. The highest BCUT2D eigenvalue weighted by molar-refractivity contribution is 7.99. The third-order valence-electron chi connectivity index (χ3n) is 4.81. The predicted octanol–water partition coefficient (Wildman–Crippen LogP) is 3.79. The van der Waals surface area contributed by atoms with Crippen molar-refractivity contribution in [2.75, 3.05) is 19.4 Å². The number of nitrogens with zero attached hydrogens (tertiary/aromatic N) is 3. The number of imidazole rings is 1. The summed E-state index contributed by atoms with van der Waals surface area (Å²) in [7, 11) is 1.64. The molecule has 29 heavy (non-hydrogen) atoms. The molecule has 1 aliphatic heterocycles. The molecule has 0 spiro atoms. The average molecular weight is 407 g/mol. The minimum atomic E-state index is -0.0864. The topological polar surface area (TPSA) is 64.4 Å². The van der Waals surface area contributed by atoms with E-state index in [2.05, 4.69) is 9.55 Å². The Balaban J connectivity index is 1.64. The average Bonchev–Trinajstić information content (AvgIpc) is 3.32. The van der Waals surface area contributed by atoms with Crippen molar-refractivity contribution < 1.29 is 14.3 Å². The van der Waals surface area contributed by atoms with Crippen LogP contribution in [0.3, 0.4) is 0 Å². The van der Waals surface area contributed by atoms with Gasteiger partial charge >= 0.3 is 0 Å². The minimum absolute atomic E-state index is 0.0864. The van der Waals surface area contributed by atoms with Crippen molar-refractivity contribution in [3.8, 4) is 22.7 Å². The molecule has 4 rings (SSSR count). The van der Waals surface area contributed by atoms with E-state index in [1.807, 2.05) is 60.8 Å². The second-order valence-corrected chi connectivity index (χ2v) is 7.68. The number of rotatable bonds is 7. The Labute approximate surface area is 173 Å². The zero-order chi connectivity index (χ0) is 20.2. The molecular weight excluding hydrogens is 386 g/mol. The van der Waals surface area contributed by atoms with Gasteiger partial charge in [-0.2, -0.15) is 0 Å². The third kappa shape index (κ3) is 4.05. The normalized spacial score (nSPS) is 13.9. The fourth-order valence-corrected chi connectivity index (χ4v) is 4.27. The van der Waals surface area contributed by atoms with Gasteiger partial charge in [-0.15, -0.1) is 0 Å². The van der Waals surface area contributed by atoms with E-state index in [0.717, 1.165) is 27.9 Å². The number of likely N-dealkylation sites (tertiary alicyclic amines) is 1. The van der Waals surface area contributed by atoms with Crippen LogP contribution in [0.1, 0.15) is 12.8 Å². The Morgan fingerprint density at radius 3 is 2.52 bits per heavy atom. The van der Waals surface area contributed by atoms with Crippen molar-refractivity contribution >= 4 is 23.6 Å². The van der Waals surface area contributed by atoms with E-state index in [0.29, 0.717) is 25.1 Å². The molecule has 1 fully saturated rings. The molecule has 0 unspecified atom stereocenters. The summed E-state index contributed by atoms with van der Waals surface area (Å²) in [6.45, 7) is 0.397. The molecule has 3 aromatic rings. The predicted molar refractivity (Wildman–Crippen MR) is 112 cm³/mol. The minimum Gasteiger partial charge on any atom is -0.497 e. The lowest BCUT2D eigenvalue weighted by molar-refractivity contribution is -0.137. The van der Waals surface area contributed by atoms with E-state index in [9.17, 15) is 9.59 Å². The molecule has 2 aromatic carbocycles. The molecule has 7 heteroatoms. The molecule has 1 saturated heterocycles. The second kappa shape index (κ2) is 8.53. The number of hydrogen-bond acceptors (Lipinski definition) is 5. The highest BCUT2D eigenvalue weighted by atomic mass is 32.2. The van der Waals surface area contributed by atoms with Crippen molar-refractivity contribution in [3.05, 3.63) is 60.8 Å². The molecule has 1 aliphatic rings. The standard InChI is InChI=1S/C22H21N3O3S/c1-28-18-9-5-8-17(14-18)25-19(16-6-3-2-4-7-16)15-23-22(25)29-13-12-24-20(26)10-11-21(24)27/h2-9,14-15H,10-13H2,1H3. The van der Waals surface area contributed by atoms with Gasteiger partial charge in [-0.25, -0.2) is 4.98 Å². The summed E-state index contributed by atoms with van der Waals surface area (Å²) in [6, 6.07) is 17.9. The van der Waals surface area contributed by atoms with Crippen LogP contribution in [0.15, 0.2) is 66.0 Å². The maximum atomic E-state index is 11.8. The van der Waals surface area contributed by atoms with Crippen molar-refractivity contribution in [1.29, 1.82) is 0 Å². The van der Waals surface area contributed by atoms with Crippen molar-refractivity contribution in [2.24, 2.45) is 0 Å². The van der Waals surface area contributed by atoms with Crippen molar-refractivity contribution in [3.63, 3.8) is 0 Å². The van der Waals surface area contributed by atoms with Crippen molar-refractivity contribution in [2.45, 2.75) is 18.0 Å². The quantitative estimate of drug-likeness (QED) is 0.440. The number of thioether (sulfide) groups is 1. The Bertz CT molecular complexity index is 1020. The van der Waals surface area contributed by atoms with Gasteiger partial charge in [0, 0.05) is 36.8 Å². The molecule has 0 N–H and O–H groups in total. The Kier molecular flexibility index (Phi) is 5.67. The maximum Gasteiger partial charge on any atom is 0.229 e.